The molecule has 1 atom stereocenters. The molecular formula is C15H28O7P2. The van der Waals surface area contributed by atoms with Crippen LogP contribution in [-0.2, 0) is 18.0 Å². The van der Waals surface area contributed by atoms with E-state index in [1.807, 2.05) is 6.92 Å². The molecule has 0 spiro atoms. The molecule has 0 heterocycles. The maximum Gasteiger partial charge on any atom is 0.481 e. The Morgan fingerprint density at radius 3 is 1.88 bits per heavy atom. The Morgan fingerprint density at radius 1 is 0.875 bits per heavy atom. The molecule has 9 heteroatoms. The van der Waals surface area contributed by atoms with Gasteiger partial charge in [-0.15, -0.1) is 0 Å². The first-order valence-corrected chi connectivity index (χ1v) is 10.6. The summed E-state index contributed by atoms with van der Waals surface area (Å²) in [5, 5.41) is 0. The summed E-state index contributed by atoms with van der Waals surface area (Å²) in [6, 6.07) is 0. The van der Waals surface area contributed by atoms with Crippen LogP contribution in [-0.4, -0.2) is 21.3 Å². The molecule has 0 radical (unpaired) electrons. The molecule has 7 nitrogen and oxygen atoms in total. The van der Waals surface area contributed by atoms with Crippen molar-refractivity contribution in [3.63, 3.8) is 0 Å². The first-order valence-electron chi connectivity index (χ1n) is 7.60. The summed E-state index contributed by atoms with van der Waals surface area (Å²) in [5.41, 5.74) is 3.57. The number of allylic oxidation sites excluding steroid dienone is 5. The van der Waals surface area contributed by atoms with Gasteiger partial charge >= 0.3 is 15.6 Å². The number of rotatable bonds is 11. The first kappa shape index (κ1) is 23.5. The fourth-order valence-corrected chi connectivity index (χ4v) is 3.30. The molecule has 0 fully saturated rings. The van der Waals surface area contributed by atoms with E-state index in [0.29, 0.717) is 0 Å². The zero-order chi connectivity index (χ0) is 18.8. The van der Waals surface area contributed by atoms with Crippen LogP contribution in [0.25, 0.3) is 0 Å². The molecule has 0 saturated heterocycles. The normalized spacial score (nSPS) is 16.0. The Kier molecular flexibility index (Phi) is 10.9. The van der Waals surface area contributed by atoms with Crippen LogP contribution in [0.5, 0.6) is 0 Å². The molecule has 3 N–H and O–H groups in total. The lowest BCUT2D eigenvalue weighted by Gasteiger charge is -2.11. The second-order valence-electron chi connectivity index (χ2n) is 5.80. The van der Waals surface area contributed by atoms with Gasteiger partial charge < -0.3 is 14.7 Å². The highest BCUT2D eigenvalue weighted by molar-refractivity contribution is 7.60. The maximum atomic E-state index is 11.2. The summed E-state index contributed by atoms with van der Waals surface area (Å²) in [4.78, 5) is 26.1. The topological polar surface area (TPSA) is 113 Å². The second kappa shape index (κ2) is 11.2. The highest BCUT2D eigenvalue weighted by Gasteiger charge is 2.31. The highest BCUT2D eigenvalue weighted by Crippen LogP contribution is 2.57. The van der Waals surface area contributed by atoms with Gasteiger partial charge in [0.2, 0.25) is 0 Å². The van der Waals surface area contributed by atoms with Crippen molar-refractivity contribution < 1.29 is 32.6 Å². The zero-order valence-electron chi connectivity index (χ0n) is 14.6. The summed E-state index contributed by atoms with van der Waals surface area (Å²) in [6.45, 7) is 7.82. The van der Waals surface area contributed by atoms with Gasteiger partial charge in [-0.05, 0) is 53.4 Å². The third-order valence-corrected chi connectivity index (χ3v) is 5.15. The van der Waals surface area contributed by atoms with E-state index >= 15 is 0 Å². The quantitative estimate of drug-likeness (QED) is 0.353. The third kappa shape index (κ3) is 15.0. The van der Waals surface area contributed by atoms with Crippen LogP contribution in [0.4, 0.5) is 0 Å². The van der Waals surface area contributed by atoms with Crippen molar-refractivity contribution >= 4 is 15.6 Å². The third-order valence-electron chi connectivity index (χ3n) is 3.00. The van der Waals surface area contributed by atoms with Gasteiger partial charge in [0.05, 0.1) is 6.61 Å². The van der Waals surface area contributed by atoms with E-state index in [1.165, 1.54) is 11.1 Å². The van der Waals surface area contributed by atoms with E-state index in [0.717, 1.165) is 31.3 Å². The van der Waals surface area contributed by atoms with Crippen LogP contribution >= 0.6 is 15.6 Å². The van der Waals surface area contributed by atoms with Crippen molar-refractivity contribution in [3.8, 4) is 0 Å². The maximum absolute atomic E-state index is 11.2. The largest absolute Gasteiger partial charge is 0.481 e. The SMILES string of the molecule is CC(C)=CCCC(C)=CCC/C(C)=C/COP(=O)(O)OP(=O)(O)O. The summed E-state index contributed by atoms with van der Waals surface area (Å²) < 4.78 is 29.9. The molecule has 24 heavy (non-hydrogen) atoms. The molecule has 0 aliphatic carbocycles. The van der Waals surface area contributed by atoms with E-state index in [1.54, 1.807) is 6.08 Å². The van der Waals surface area contributed by atoms with Gasteiger partial charge in [0.1, 0.15) is 0 Å². The Bertz CT molecular complexity index is 568. The molecular weight excluding hydrogens is 354 g/mol. The lowest BCUT2D eigenvalue weighted by atomic mass is 10.1. The molecule has 0 aliphatic heterocycles. The van der Waals surface area contributed by atoms with E-state index < -0.39 is 15.6 Å². The standard InChI is InChI=1S/C15H28O7P2/c1-13(2)7-5-8-14(3)9-6-10-15(4)11-12-21-24(19,20)22-23(16,17)18/h7,9,11H,5-6,8,10,12H2,1-4H3,(H,19,20)(H2,16,17,18)/b14-9?,15-11+. The summed E-state index contributed by atoms with van der Waals surface area (Å²) in [5.74, 6) is 0. The number of hydrogen-bond acceptors (Lipinski definition) is 4. The van der Waals surface area contributed by atoms with Gasteiger partial charge in [-0.3, -0.25) is 4.52 Å². The van der Waals surface area contributed by atoms with E-state index in [2.05, 4.69) is 41.8 Å². The summed E-state index contributed by atoms with van der Waals surface area (Å²) in [7, 11) is -9.82. The van der Waals surface area contributed by atoms with Crippen LogP contribution in [0.3, 0.4) is 0 Å². The minimum absolute atomic E-state index is 0.261. The Hall–Kier alpha value is -0.520. The van der Waals surface area contributed by atoms with Gasteiger partial charge in [0.15, 0.2) is 0 Å². The van der Waals surface area contributed by atoms with Gasteiger partial charge in [-0.1, -0.05) is 34.9 Å². The molecule has 0 saturated carbocycles. The number of hydrogen-bond donors (Lipinski definition) is 3. The van der Waals surface area contributed by atoms with Crippen molar-refractivity contribution in [3.05, 3.63) is 34.9 Å². The molecule has 0 aliphatic rings. The molecule has 0 aromatic rings. The fourth-order valence-electron chi connectivity index (χ4n) is 1.77. The molecule has 0 bridgehead atoms. The monoisotopic (exact) mass is 382 g/mol. The molecule has 0 amide bonds. The van der Waals surface area contributed by atoms with E-state index in [9.17, 15) is 9.13 Å². The van der Waals surface area contributed by atoms with Gasteiger partial charge in [0.25, 0.3) is 0 Å². The zero-order valence-corrected chi connectivity index (χ0v) is 16.4. The van der Waals surface area contributed by atoms with E-state index in [-0.39, 0.29) is 6.61 Å². The fraction of sp³-hybridized carbons (Fsp3) is 0.600. The Morgan fingerprint density at radius 2 is 1.38 bits per heavy atom. The minimum atomic E-state index is -5.07. The second-order valence-corrected chi connectivity index (χ2v) is 8.63. The number of phosphoric acid groups is 2. The lowest BCUT2D eigenvalue weighted by molar-refractivity contribution is 0.191. The van der Waals surface area contributed by atoms with Crippen LogP contribution in [0.15, 0.2) is 34.9 Å². The Balaban J connectivity index is 4.18. The van der Waals surface area contributed by atoms with Crippen LogP contribution in [0.1, 0.15) is 53.4 Å². The van der Waals surface area contributed by atoms with Crippen molar-refractivity contribution in [2.75, 3.05) is 6.61 Å². The van der Waals surface area contributed by atoms with Gasteiger partial charge in [-0.25, -0.2) is 9.13 Å². The van der Waals surface area contributed by atoms with Crippen molar-refractivity contribution in [2.45, 2.75) is 53.4 Å². The molecule has 0 aromatic carbocycles. The summed E-state index contributed by atoms with van der Waals surface area (Å²) in [6.07, 6.45) is 9.59. The smallest absolute Gasteiger partial charge is 0.302 e. The van der Waals surface area contributed by atoms with Crippen molar-refractivity contribution in [1.29, 1.82) is 0 Å². The average molecular weight is 382 g/mol. The van der Waals surface area contributed by atoms with Crippen LogP contribution in [0, 0.1) is 0 Å². The predicted octanol–water partition coefficient (Wildman–Crippen LogP) is 4.63. The van der Waals surface area contributed by atoms with Crippen molar-refractivity contribution in [1.82, 2.24) is 0 Å². The number of phosphoric ester groups is 1. The molecule has 1 unspecified atom stereocenters. The Labute approximate surface area is 143 Å². The average Bonchev–Trinajstić information content (AvgIpc) is 2.34. The van der Waals surface area contributed by atoms with Crippen LogP contribution in [0.2, 0.25) is 0 Å². The molecule has 0 rings (SSSR count). The van der Waals surface area contributed by atoms with Gasteiger partial charge in [-0.2, -0.15) is 4.31 Å². The molecule has 140 valence electrons. The summed E-state index contributed by atoms with van der Waals surface area (Å²) >= 11 is 0. The first-order chi connectivity index (χ1) is 10.9. The van der Waals surface area contributed by atoms with Crippen LogP contribution < -0.4 is 0 Å². The lowest BCUT2D eigenvalue weighted by Crippen LogP contribution is -1.94. The predicted molar refractivity (Wildman–Crippen MR) is 94.3 cm³/mol. The minimum Gasteiger partial charge on any atom is -0.302 e. The highest BCUT2D eigenvalue weighted by atomic mass is 31.3. The van der Waals surface area contributed by atoms with Gasteiger partial charge in [0, 0.05) is 0 Å². The van der Waals surface area contributed by atoms with E-state index in [4.69, 9.17) is 14.7 Å². The molecule has 0 aromatic heterocycles. The van der Waals surface area contributed by atoms with Crippen molar-refractivity contribution in [2.24, 2.45) is 0 Å².